The highest BCUT2D eigenvalue weighted by Crippen LogP contribution is 2.21. The Hall–Kier alpha value is -2.12. The Morgan fingerprint density at radius 1 is 1.47 bits per heavy atom. The monoisotopic (exact) mass is 298 g/mol. The van der Waals surface area contributed by atoms with Crippen LogP contribution in [0, 0.1) is 0 Å². The van der Waals surface area contributed by atoms with E-state index in [-0.39, 0.29) is 11.0 Å². The average molecular weight is 299 g/mol. The number of hydrogen-bond donors (Lipinski definition) is 2. The SMILES string of the molecule is O=C(O)/C=C/c1cnc(NC(=O)c2ccc(Cl)o2)s1. The summed E-state index contributed by atoms with van der Waals surface area (Å²) in [6.45, 7) is 0. The van der Waals surface area contributed by atoms with Crippen LogP contribution in [0.3, 0.4) is 0 Å². The number of carbonyl (C=O) groups is 2. The molecule has 0 aliphatic carbocycles. The predicted octanol–water partition coefficient (Wildman–Crippen LogP) is 2.74. The van der Waals surface area contributed by atoms with Gasteiger partial charge in [-0.3, -0.25) is 10.1 Å². The van der Waals surface area contributed by atoms with Crippen LogP contribution < -0.4 is 5.32 Å². The van der Waals surface area contributed by atoms with E-state index in [4.69, 9.17) is 21.1 Å². The number of halogens is 1. The number of nitrogens with zero attached hydrogens (tertiary/aromatic N) is 1. The van der Waals surface area contributed by atoms with Crippen molar-refractivity contribution in [3.63, 3.8) is 0 Å². The van der Waals surface area contributed by atoms with Gasteiger partial charge in [-0.1, -0.05) is 11.3 Å². The molecule has 2 rings (SSSR count). The van der Waals surface area contributed by atoms with Gasteiger partial charge in [-0.25, -0.2) is 9.78 Å². The van der Waals surface area contributed by atoms with Gasteiger partial charge in [0.05, 0.1) is 0 Å². The van der Waals surface area contributed by atoms with Crippen molar-refractivity contribution >= 4 is 46.0 Å². The maximum atomic E-state index is 11.7. The zero-order valence-corrected chi connectivity index (χ0v) is 10.9. The molecule has 98 valence electrons. The number of rotatable bonds is 4. The number of furan rings is 1. The van der Waals surface area contributed by atoms with Crippen molar-refractivity contribution in [2.75, 3.05) is 5.32 Å². The third-order valence-electron chi connectivity index (χ3n) is 1.93. The van der Waals surface area contributed by atoms with E-state index in [1.807, 2.05) is 0 Å². The first kappa shape index (κ1) is 13.3. The largest absolute Gasteiger partial charge is 0.478 e. The summed E-state index contributed by atoms with van der Waals surface area (Å²) >= 11 is 6.69. The Kier molecular flexibility index (Phi) is 3.98. The van der Waals surface area contributed by atoms with E-state index in [1.54, 1.807) is 0 Å². The molecule has 0 saturated carbocycles. The number of anilines is 1. The lowest BCUT2D eigenvalue weighted by atomic mass is 10.4. The molecule has 0 radical (unpaired) electrons. The van der Waals surface area contributed by atoms with Gasteiger partial charge in [0.25, 0.3) is 5.91 Å². The molecule has 0 aliphatic heterocycles. The highest BCUT2D eigenvalue weighted by Gasteiger charge is 2.12. The molecule has 6 nitrogen and oxygen atoms in total. The Morgan fingerprint density at radius 2 is 2.26 bits per heavy atom. The zero-order chi connectivity index (χ0) is 13.8. The van der Waals surface area contributed by atoms with Crippen molar-refractivity contribution in [2.45, 2.75) is 0 Å². The summed E-state index contributed by atoms with van der Waals surface area (Å²) in [6.07, 6.45) is 3.83. The highest BCUT2D eigenvalue weighted by atomic mass is 35.5. The molecule has 0 aliphatic rings. The number of aromatic nitrogens is 1. The van der Waals surface area contributed by atoms with E-state index in [0.717, 1.165) is 17.4 Å². The maximum absolute atomic E-state index is 11.7. The summed E-state index contributed by atoms with van der Waals surface area (Å²) in [5, 5.41) is 11.5. The molecule has 0 aromatic carbocycles. The number of carbonyl (C=O) groups excluding carboxylic acids is 1. The number of aliphatic carboxylic acids is 1. The van der Waals surface area contributed by atoms with Gasteiger partial charge in [-0.2, -0.15) is 0 Å². The molecule has 0 bridgehead atoms. The fourth-order valence-corrected chi connectivity index (χ4v) is 2.03. The molecule has 19 heavy (non-hydrogen) atoms. The van der Waals surface area contributed by atoms with Crippen molar-refractivity contribution in [1.29, 1.82) is 0 Å². The van der Waals surface area contributed by atoms with Crippen LogP contribution in [0.2, 0.25) is 5.22 Å². The molecule has 0 spiro atoms. The number of thiazole rings is 1. The summed E-state index contributed by atoms with van der Waals surface area (Å²) in [7, 11) is 0. The summed E-state index contributed by atoms with van der Waals surface area (Å²) < 4.78 is 4.94. The zero-order valence-electron chi connectivity index (χ0n) is 9.29. The van der Waals surface area contributed by atoms with Crippen LogP contribution >= 0.6 is 22.9 Å². The van der Waals surface area contributed by atoms with Crippen LogP contribution in [-0.4, -0.2) is 22.0 Å². The lowest BCUT2D eigenvalue weighted by Crippen LogP contribution is -2.10. The topological polar surface area (TPSA) is 92.4 Å². The molecule has 0 unspecified atom stereocenters. The number of hydrogen-bond acceptors (Lipinski definition) is 5. The summed E-state index contributed by atoms with van der Waals surface area (Å²) in [6, 6.07) is 2.90. The second-order valence-electron chi connectivity index (χ2n) is 3.30. The maximum Gasteiger partial charge on any atom is 0.328 e. The van der Waals surface area contributed by atoms with Gasteiger partial charge >= 0.3 is 5.97 Å². The van der Waals surface area contributed by atoms with Gasteiger partial charge in [0.1, 0.15) is 0 Å². The van der Waals surface area contributed by atoms with Crippen LogP contribution in [0.1, 0.15) is 15.4 Å². The number of carboxylic acid groups (broad SMARTS) is 1. The Labute approximate surface area is 116 Å². The smallest absolute Gasteiger partial charge is 0.328 e. The second kappa shape index (κ2) is 5.68. The third kappa shape index (κ3) is 3.67. The first-order valence-corrected chi connectivity index (χ1v) is 6.17. The van der Waals surface area contributed by atoms with Gasteiger partial charge in [0.15, 0.2) is 16.1 Å². The molecule has 2 aromatic heterocycles. The molecule has 2 heterocycles. The highest BCUT2D eigenvalue weighted by molar-refractivity contribution is 7.16. The summed E-state index contributed by atoms with van der Waals surface area (Å²) in [5.41, 5.74) is 0. The van der Waals surface area contributed by atoms with Gasteiger partial charge in [-0.15, -0.1) is 0 Å². The first-order valence-electron chi connectivity index (χ1n) is 4.98. The van der Waals surface area contributed by atoms with Gasteiger partial charge in [0, 0.05) is 17.2 Å². The Bertz CT molecular complexity index is 647. The van der Waals surface area contributed by atoms with E-state index in [2.05, 4.69) is 10.3 Å². The molecule has 2 aromatic rings. The third-order valence-corrected chi connectivity index (χ3v) is 3.01. The lowest BCUT2D eigenvalue weighted by molar-refractivity contribution is -0.131. The average Bonchev–Trinajstić information content (AvgIpc) is 2.95. The lowest BCUT2D eigenvalue weighted by Gasteiger charge is -1.96. The number of nitrogens with one attached hydrogen (secondary N) is 1. The molecule has 0 atom stereocenters. The molecule has 1 amide bonds. The van der Waals surface area contributed by atoms with E-state index in [1.165, 1.54) is 24.4 Å². The number of carboxylic acids is 1. The molecular weight excluding hydrogens is 292 g/mol. The second-order valence-corrected chi connectivity index (χ2v) is 4.73. The van der Waals surface area contributed by atoms with E-state index in [0.29, 0.717) is 10.0 Å². The minimum atomic E-state index is -1.05. The van der Waals surface area contributed by atoms with Crippen LogP contribution in [0.25, 0.3) is 6.08 Å². The fraction of sp³-hybridized carbons (Fsp3) is 0. The van der Waals surface area contributed by atoms with E-state index >= 15 is 0 Å². The summed E-state index contributed by atoms with van der Waals surface area (Å²) in [5.74, 6) is -1.46. The predicted molar refractivity (Wildman–Crippen MR) is 70.5 cm³/mol. The van der Waals surface area contributed by atoms with Crippen molar-refractivity contribution in [3.8, 4) is 0 Å². The van der Waals surface area contributed by atoms with Crippen LogP contribution in [0.5, 0.6) is 0 Å². The number of amides is 1. The van der Waals surface area contributed by atoms with Gasteiger partial charge in [-0.05, 0) is 29.8 Å². The van der Waals surface area contributed by atoms with E-state index in [9.17, 15) is 9.59 Å². The van der Waals surface area contributed by atoms with Crippen LogP contribution in [0.4, 0.5) is 5.13 Å². The van der Waals surface area contributed by atoms with Crippen molar-refractivity contribution in [3.05, 3.63) is 40.3 Å². The van der Waals surface area contributed by atoms with Gasteiger partial charge < -0.3 is 9.52 Å². The molecule has 0 fully saturated rings. The quantitative estimate of drug-likeness (QED) is 0.847. The van der Waals surface area contributed by atoms with Crippen molar-refractivity contribution < 1.29 is 19.1 Å². The normalized spacial score (nSPS) is 10.8. The molecule has 8 heteroatoms. The Balaban J connectivity index is 2.04. The van der Waals surface area contributed by atoms with Crippen molar-refractivity contribution in [2.24, 2.45) is 0 Å². The van der Waals surface area contributed by atoms with Crippen LogP contribution in [0.15, 0.2) is 28.8 Å². The molecule has 0 saturated heterocycles. The fourth-order valence-electron chi connectivity index (χ4n) is 1.17. The molecule has 2 N–H and O–H groups in total. The standard InChI is InChI=1S/C11H7ClN2O4S/c12-8-3-2-7(18-8)10(17)14-11-13-5-6(19-11)1-4-9(15)16/h1-5H,(H,15,16)(H,13,14,17)/b4-1+. The van der Waals surface area contributed by atoms with Crippen LogP contribution in [-0.2, 0) is 4.79 Å². The Morgan fingerprint density at radius 3 is 2.89 bits per heavy atom. The molecular formula is C11H7ClN2O4S. The van der Waals surface area contributed by atoms with Crippen molar-refractivity contribution in [1.82, 2.24) is 4.98 Å². The minimum absolute atomic E-state index is 0.0721. The van der Waals surface area contributed by atoms with E-state index < -0.39 is 11.9 Å². The summed E-state index contributed by atoms with van der Waals surface area (Å²) in [4.78, 5) is 26.6. The first-order chi connectivity index (χ1) is 9.04. The van der Waals surface area contributed by atoms with Gasteiger partial charge in [0.2, 0.25) is 0 Å². The minimum Gasteiger partial charge on any atom is -0.478 e.